The van der Waals surface area contributed by atoms with Crippen LogP contribution in [0.25, 0.3) is 0 Å². The minimum Gasteiger partial charge on any atom is -0.312 e. The molecule has 0 saturated carbocycles. The summed E-state index contributed by atoms with van der Waals surface area (Å²) >= 11 is 1.39. The van der Waals surface area contributed by atoms with Gasteiger partial charge in [-0.2, -0.15) is 5.26 Å². The Balaban J connectivity index is 2.28. The summed E-state index contributed by atoms with van der Waals surface area (Å²) in [6.45, 7) is 3.79. The molecule has 2 heterocycles. The van der Waals surface area contributed by atoms with E-state index in [1.54, 1.807) is 0 Å². The van der Waals surface area contributed by atoms with Gasteiger partial charge in [-0.25, -0.2) is 9.97 Å². The van der Waals surface area contributed by atoms with Crippen molar-refractivity contribution in [1.29, 1.82) is 5.26 Å². The summed E-state index contributed by atoms with van der Waals surface area (Å²) in [7, 11) is 0. The Hall–Kier alpha value is -2.26. The van der Waals surface area contributed by atoms with Crippen LogP contribution in [-0.2, 0) is 0 Å². The van der Waals surface area contributed by atoms with Crippen molar-refractivity contribution in [3.05, 3.63) is 40.3 Å². The van der Waals surface area contributed by atoms with Crippen LogP contribution < -0.4 is 5.32 Å². The highest BCUT2D eigenvalue weighted by Gasteiger charge is 2.15. The molecule has 1 N–H and O–H groups in total. The van der Waals surface area contributed by atoms with Gasteiger partial charge in [0.05, 0.1) is 11.1 Å². The minimum atomic E-state index is -0.312. The minimum absolute atomic E-state index is 0.312. The van der Waals surface area contributed by atoms with Gasteiger partial charge in [-0.15, -0.1) is 11.3 Å². The third-order valence-corrected chi connectivity index (χ3v) is 3.67. The van der Waals surface area contributed by atoms with E-state index in [2.05, 4.69) is 21.4 Å². The number of aromatic nitrogens is 2. The Morgan fingerprint density at radius 1 is 1.39 bits per heavy atom. The molecule has 0 aliphatic carbocycles. The molecule has 0 saturated heterocycles. The molecule has 5 nitrogen and oxygen atoms in total. The van der Waals surface area contributed by atoms with Crippen molar-refractivity contribution in [1.82, 2.24) is 9.97 Å². The second kappa shape index (κ2) is 4.94. The van der Waals surface area contributed by atoms with Crippen molar-refractivity contribution < 1.29 is 4.79 Å². The zero-order valence-corrected chi connectivity index (χ0v) is 10.7. The largest absolute Gasteiger partial charge is 0.312 e. The third kappa shape index (κ3) is 2.21. The zero-order chi connectivity index (χ0) is 13.1. The Bertz CT molecular complexity index is 628. The molecule has 18 heavy (non-hydrogen) atoms. The lowest BCUT2D eigenvalue weighted by Gasteiger charge is -2.02. The van der Waals surface area contributed by atoms with Gasteiger partial charge in [0.1, 0.15) is 17.4 Å². The van der Waals surface area contributed by atoms with Crippen LogP contribution in [0.3, 0.4) is 0 Å². The number of hydrogen-bond acceptors (Lipinski definition) is 5. The zero-order valence-electron chi connectivity index (χ0n) is 9.89. The summed E-state index contributed by atoms with van der Waals surface area (Å²) in [5, 5.41) is 12.4. The Labute approximate surface area is 108 Å². The summed E-state index contributed by atoms with van der Waals surface area (Å²) < 4.78 is 0. The Morgan fingerprint density at radius 2 is 2.06 bits per heavy atom. The molecule has 2 aromatic rings. The molecule has 2 aromatic heterocycles. The standard InChI is InChI=1S/C12H10N4OS/c1-7-8(2)18-12(10(7)3-13)16-11(17)9-4-14-6-15-5-9/h4-6H,1-2H3,(H,16,17). The molecule has 0 atom stereocenters. The van der Waals surface area contributed by atoms with Crippen molar-refractivity contribution in [2.75, 3.05) is 5.32 Å². The van der Waals surface area contributed by atoms with Crippen molar-refractivity contribution in [2.24, 2.45) is 0 Å². The van der Waals surface area contributed by atoms with Gasteiger partial charge in [0.15, 0.2) is 0 Å². The highest BCUT2D eigenvalue weighted by atomic mass is 32.1. The van der Waals surface area contributed by atoms with Gasteiger partial charge in [0.25, 0.3) is 5.91 Å². The average Bonchev–Trinajstić information content (AvgIpc) is 2.65. The van der Waals surface area contributed by atoms with Gasteiger partial charge in [-0.05, 0) is 19.4 Å². The molecular formula is C12H10N4OS. The first kappa shape index (κ1) is 12.2. The molecular weight excluding hydrogens is 248 g/mol. The second-order valence-electron chi connectivity index (χ2n) is 3.68. The first-order chi connectivity index (χ1) is 8.63. The number of nitrogens with zero attached hydrogens (tertiary/aromatic N) is 3. The van der Waals surface area contributed by atoms with Gasteiger partial charge in [0, 0.05) is 17.3 Å². The first-order valence-electron chi connectivity index (χ1n) is 5.20. The fourth-order valence-electron chi connectivity index (χ4n) is 1.44. The maximum atomic E-state index is 11.9. The molecule has 6 heteroatoms. The number of carbonyl (C=O) groups excluding carboxylic acids is 1. The molecule has 90 valence electrons. The van der Waals surface area contributed by atoms with Crippen LogP contribution in [-0.4, -0.2) is 15.9 Å². The molecule has 0 spiro atoms. The van der Waals surface area contributed by atoms with Crippen LogP contribution in [0.4, 0.5) is 5.00 Å². The van der Waals surface area contributed by atoms with Crippen molar-refractivity contribution >= 4 is 22.2 Å². The molecule has 0 aromatic carbocycles. The Morgan fingerprint density at radius 3 is 2.67 bits per heavy atom. The summed E-state index contributed by atoms with van der Waals surface area (Å²) in [6.07, 6.45) is 4.22. The summed E-state index contributed by atoms with van der Waals surface area (Å²) in [5.74, 6) is -0.312. The van der Waals surface area contributed by atoms with E-state index in [4.69, 9.17) is 5.26 Å². The van der Waals surface area contributed by atoms with Gasteiger partial charge >= 0.3 is 0 Å². The molecule has 0 radical (unpaired) electrons. The predicted octanol–water partition coefficient (Wildman–Crippen LogP) is 2.28. The molecule has 0 bridgehead atoms. The van der Waals surface area contributed by atoms with Gasteiger partial charge in [0.2, 0.25) is 0 Å². The number of rotatable bonds is 2. The van der Waals surface area contributed by atoms with E-state index in [0.29, 0.717) is 16.1 Å². The van der Waals surface area contributed by atoms with Crippen LogP contribution >= 0.6 is 11.3 Å². The fourth-order valence-corrected chi connectivity index (χ4v) is 2.45. The lowest BCUT2D eigenvalue weighted by molar-refractivity contribution is 0.102. The van der Waals surface area contributed by atoms with E-state index in [9.17, 15) is 4.79 Å². The lowest BCUT2D eigenvalue weighted by atomic mass is 10.2. The van der Waals surface area contributed by atoms with E-state index in [1.807, 2.05) is 13.8 Å². The quantitative estimate of drug-likeness (QED) is 0.896. The number of carbonyl (C=O) groups is 1. The lowest BCUT2D eigenvalue weighted by Crippen LogP contribution is -2.12. The molecule has 2 rings (SSSR count). The average molecular weight is 258 g/mol. The number of hydrogen-bond donors (Lipinski definition) is 1. The summed E-state index contributed by atoms with van der Waals surface area (Å²) in [4.78, 5) is 20.5. The number of amides is 1. The normalized spacial score (nSPS) is 9.83. The van der Waals surface area contributed by atoms with Gasteiger partial charge in [-0.3, -0.25) is 4.79 Å². The van der Waals surface area contributed by atoms with Gasteiger partial charge < -0.3 is 5.32 Å². The molecule has 0 aliphatic heterocycles. The van der Waals surface area contributed by atoms with Crippen LogP contribution in [0.15, 0.2) is 18.7 Å². The van der Waals surface area contributed by atoms with E-state index in [-0.39, 0.29) is 5.91 Å². The number of nitrogens with one attached hydrogen (secondary N) is 1. The van der Waals surface area contributed by atoms with Gasteiger partial charge in [-0.1, -0.05) is 0 Å². The Kier molecular flexibility index (Phi) is 3.35. The van der Waals surface area contributed by atoms with Crippen LogP contribution in [0, 0.1) is 25.2 Å². The van der Waals surface area contributed by atoms with Crippen LogP contribution in [0.2, 0.25) is 0 Å². The van der Waals surface area contributed by atoms with E-state index in [1.165, 1.54) is 30.1 Å². The molecule has 0 fully saturated rings. The van der Waals surface area contributed by atoms with Crippen LogP contribution in [0.1, 0.15) is 26.4 Å². The second-order valence-corrected chi connectivity index (χ2v) is 4.91. The number of nitriles is 1. The van der Waals surface area contributed by atoms with Crippen LogP contribution in [0.5, 0.6) is 0 Å². The number of anilines is 1. The predicted molar refractivity (Wildman–Crippen MR) is 68.5 cm³/mol. The first-order valence-corrected chi connectivity index (χ1v) is 6.01. The monoisotopic (exact) mass is 258 g/mol. The van der Waals surface area contributed by atoms with Crippen molar-refractivity contribution in [2.45, 2.75) is 13.8 Å². The summed E-state index contributed by atoms with van der Waals surface area (Å²) in [5.41, 5.74) is 1.79. The molecule has 0 aliphatic rings. The van der Waals surface area contributed by atoms with E-state index in [0.717, 1.165) is 10.4 Å². The summed E-state index contributed by atoms with van der Waals surface area (Å²) in [6, 6.07) is 2.11. The topological polar surface area (TPSA) is 78.7 Å². The molecule has 0 unspecified atom stereocenters. The number of aryl methyl sites for hydroxylation is 1. The highest BCUT2D eigenvalue weighted by molar-refractivity contribution is 7.16. The fraction of sp³-hybridized carbons (Fsp3) is 0.167. The number of thiophene rings is 1. The molecule has 1 amide bonds. The van der Waals surface area contributed by atoms with E-state index >= 15 is 0 Å². The maximum Gasteiger partial charge on any atom is 0.259 e. The highest BCUT2D eigenvalue weighted by Crippen LogP contribution is 2.31. The van der Waals surface area contributed by atoms with E-state index < -0.39 is 0 Å². The smallest absolute Gasteiger partial charge is 0.259 e. The van der Waals surface area contributed by atoms with Crippen molar-refractivity contribution in [3.8, 4) is 6.07 Å². The van der Waals surface area contributed by atoms with Crippen molar-refractivity contribution in [3.63, 3.8) is 0 Å². The third-order valence-electron chi connectivity index (χ3n) is 2.55. The SMILES string of the molecule is Cc1sc(NC(=O)c2cncnc2)c(C#N)c1C. The maximum absolute atomic E-state index is 11.9.